The second-order valence-corrected chi connectivity index (χ2v) is 6.16. The summed E-state index contributed by atoms with van der Waals surface area (Å²) in [4.78, 5) is 20.4. The number of nitrogens with zero attached hydrogens (tertiary/aromatic N) is 3. The quantitative estimate of drug-likeness (QED) is 0.814. The third-order valence-corrected chi connectivity index (χ3v) is 4.22. The number of aromatic nitrogens is 1. The SMILES string of the molecule is CN(C)C1CCCN(C(=O)NCCCOc2cccnc2)CC1. The molecular formula is C17H28N4O2. The summed E-state index contributed by atoms with van der Waals surface area (Å²) >= 11 is 0. The number of ether oxygens (including phenoxy) is 1. The third kappa shape index (κ3) is 6.06. The molecule has 6 nitrogen and oxygen atoms in total. The maximum absolute atomic E-state index is 12.2. The highest BCUT2D eigenvalue weighted by Gasteiger charge is 2.21. The molecule has 1 fully saturated rings. The van der Waals surface area contributed by atoms with Crippen LogP contribution in [0.4, 0.5) is 4.79 Å². The Morgan fingerprint density at radius 1 is 1.43 bits per heavy atom. The molecule has 0 aromatic carbocycles. The van der Waals surface area contributed by atoms with Crippen molar-refractivity contribution in [3.8, 4) is 5.75 Å². The Kier molecular flexibility index (Phi) is 7.13. The molecule has 6 heteroatoms. The van der Waals surface area contributed by atoms with Crippen molar-refractivity contribution in [3.63, 3.8) is 0 Å². The van der Waals surface area contributed by atoms with Gasteiger partial charge in [-0.3, -0.25) is 4.98 Å². The number of rotatable bonds is 6. The molecule has 1 N–H and O–H groups in total. The average Bonchev–Trinajstić information content (AvgIpc) is 2.81. The summed E-state index contributed by atoms with van der Waals surface area (Å²) in [6, 6.07) is 4.35. The third-order valence-electron chi connectivity index (χ3n) is 4.22. The van der Waals surface area contributed by atoms with E-state index in [1.807, 2.05) is 17.0 Å². The first-order valence-electron chi connectivity index (χ1n) is 8.39. The van der Waals surface area contributed by atoms with Crippen LogP contribution in [0, 0.1) is 0 Å². The molecule has 128 valence electrons. The molecule has 2 rings (SSSR count). The van der Waals surface area contributed by atoms with Crippen molar-refractivity contribution in [3.05, 3.63) is 24.5 Å². The zero-order valence-corrected chi connectivity index (χ0v) is 14.2. The Bertz CT molecular complexity index is 467. The van der Waals surface area contributed by atoms with Crippen LogP contribution in [0.2, 0.25) is 0 Å². The van der Waals surface area contributed by atoms with Gasteiger partial charge < -0.3 is 19.9 Å². The topological polar surface area (TPSA) is 57.7 Å². The summed E-state index contributed by atoms with van der Waals surface area (Å²) in [6.45, 7) is 2.89. The van der Waals surface area contributed by atoms with Crippen LogP contribution in [-0.2, 0) is 0 Å². The molecule has 0 radical (unpaired) electrons. The van der Waals surface area contributed by atoms with Crippen LogP contribution in [0.1, 0.15) is 25.7 Å². The highest BCUT2D eigenvalue weighted by molar-refractivity contribution is 5.74. The number of amides is 2. The van der Waals surface area contributed by atoms with Gasteiger partial charge in [0.2, 0.25) is 0 Å². The van der Waals surface area contributed by atoms with E-state index in [1.54, 1.807) is 12.4 Å². The molecule has 0 aliphatic carbocycles. The Morgan fingerprint density at radius 3 is 3.04 bits per heavy atom. The molecule has 0 saturated carbocycles. The highest BCUT2D eigenvalue weighted by Crippen LogP contribution is 2.14. The van der Waals surface area contributed by atoms with Crippen LogP contribution in [0.25, 0.3) is 0 Å². The summed E-state index contributed by atoms with van der Waals surface area (Å²) in [7, 11) is 4.23. The molecule has 1 saturated heterocycles. The molecule has 0 spiro atoms. The van der Waals surface area contributed by atoms with Gasteiger partial charge in [-0.1, -0.05) is 0 Å². The first-order chi connectivity index (χ1) is 11.2. The van der Waals surface area contributed by atoms with E-state index < -0.39 is 0 Å². The number of urea groups is 1. The van der Waals surface area contributed by atoms with Gasteiger partial charge in [-0.25, -0.2) is 4.79 Å². The van der Waals surface area contributed by atoms with E-state index >= 15 is 0 Å². The number of pyridine rings is 1. The fourth-order valence-electron chi connectivity index (χ4n) is 2.80. The van der Waals surface area contributed by atoms with Gasteiger partial charge in [-0.15, -0.1) is 0 Å². The van der Waals surface area contributed by atoms with Gasteiger partial charge in [-0.05, 0) is 51.9 Å². The lowest BCUT2D eigenvalue weighted by atomic mass is 10.1. The van der Waals surface area contributed by atoms with Crippen molar-refractivity contribution in [1.82, 2.24) is 20.1 Å². The first kappa shape index (κ1) is 17.5. The Balaban J connectivity index is 1.61. The van der Waals surface area contributed by atoms with E-state index in [9.17, 15) is 4.79 Å². The lowest BCUT2D eigenvalue weighted by Crippen LogP contribution is -2.41. The van der Waals surface area contributed by atoms with Gasteiger partial charge in [0, 0.05) is 31.9 Å². The normalized spacial score (nSPS) is 18.6. The summed E-state index contributed by atoms with van der Waals surface area (Å²) in [5, 5.41) is 2.99. The molecule has 1 aromatic rings. The Hall–Kier alpha value is -1.82. The zero-order chi connectivity index (χ0) is 16.5. The second-order valence-electron chi connectivity index (χ2n) is 6.16. The summed E-state index contributed by atoms with van der Waals surface area (Å²) in [6.07, 6.45) is 7.47. The zero-order valence-electron chi connectivity index (χ0n) is 14.2. The van der Waals surface area contributed by atoms with Gasteiger partial charge in [0.05, 0.1) is 12.8 Å². The van der Waals surface area contributed by atoms with Crippen LogP contribution in [-0.4, -0.2) is 67.2 Å². The second kappa shape index (κ2) is 9.35. The first-order valence-corrected chi connectivity index (χ1v) is 8.39. The van der Waals surface area contributed by atoms with Crippen molar-refractivity contribution < 1.29 is 9.53 Å². The standard InChI is InChI=1S/C17H28N4O2/c1-20(2)15-6-4-11-21(12-8-15)17(22)19-10-5-13-23-16-7-3-9-18-14-16/h3,7,9,14-15H,4-6,8,10-13H2,1-2H3,(H,19,22). The van der Waals surface area contributed by atoms with E-state index in [1.165, 1.54) is 0 Å². The number of carbonyl (C=O) groups excluding carboxylic acids is 1. The van der Waals surface area contributed by atoms with Crippen molar-refractivity contribution >= 4 is 6.03 Å². The highest BCUT2D eigenvalue weighted by atomic mass is 16.5. The molecule has 1 aromatic heterocycles. The van der Waals surface area contributed by atoms with Crippen molar-refractivity contribution in [2.24, 2.45) is 0 Å². The minimum atomic E-state index is 0.0470. The number of carbonyl (C=O) groups is 1. The monoisotopic (exact) mass is 320 g/mol. The van der Waals surface area contributed by atoms with Crippen LogP contribution in [0.15, 0.2) is 24.5 Å². The fraction of sp³-hybridized carbons (Fsp3) is 0.647. The van der Waals surface area contributed by atoms with Gasteiger partial charge in [0.25, 0.3) is 0 Å². The summed E-state index contributed by atoms with van der Waals surface area (Å²) < 4.78 is 5.56. The lowest BCUT2D eigenvalue weighted by Gasteiger charge is -2.23. The Labute approximate surface area is 138 Å². The molecule has 1 aliphatic rings. The van der Waals surface area contributed by atoms with Gasteiger partial charge in [-0.2, -0.15) is 0 Å². The summed E-state index contributed by atoms with van der Waals surface area (Å²) in [5.74, 6) is 0.765. The molecule has 1 aliphatic heterocycles. The van der Waals surface area contributed by atoms with Crippen LogP contribution < -0.4 is 10.1 Å². The smallest absolute Gasteiger partial charge is 0.317 e. The predicted octanol–water partition coefficient (Wildman–Crippen LogP) is 1.98. The largest absolute Gasteiger partial charge is 0.492 e. The van der Waals surface area contributed by atoms with E-state index in [0.29, 0.717) is 19.2 Å². The van der Waals surface area contributed by atoms with Crippen LogP contribution in [0.5, 0.6) is 5.75 Å². The lowest BCUT2D eigenvalue weighted by molar-refractivity contribution is 0.196. The number of hydrogen-bond acceptors (Lipinski definition) is 4. The molecular weight excluding hydrogens is 292 g/mol. The van der Waals surface area contributed by atoms with Crippen molar-refractivity contribution in [2.45, 2.75) is 31.7 Å². The molecule has 1 unspecified atom stereocenters. The molecule has 1 atom stereocenters. The molecule has 0 bridgehead atoms. The van der Waals surface area contributed by atoms with E-state index in [0.717, 1.165) is 44.5 Å². The van der Waals surface area contributed by atoms with Crippen molar-refractivity contribution in [2.75, 3.05) is 40.3 Å². The maximum atomic E-state index is 12.2. The Morgan fingerprint density at radius 2 is 2.30 bits per heavy atom. The number of hydrogen-bond donors (Lipinski definition) is 1. The van der Waals surface area contributed by atoms with Gasteiger partial charge in [0.15, 0.2) is 0 Å². The maximum Gasteiger partial charge on any atom is 0.317 e. The minimum Gasteiger partial charge on any atom is -0.492 e. The fourth-order valence-corrected chi connectivity index (χ4v) is 2.80. The van der Waals surface area contributed by atoms with Gasteiger partial charge in [0.1, 0.15) is 5.75 Å². The molecule has 2 heterocycles. The minimum absolute atomic E-state index is 0.0470. The van der Waals surface area contributed by atoms with E-state index in [2.05, 4.69) is 29.3 Å². The van der Waals surface area contributed by atoms with Crippen molar-refractivity contribution in [1.29, 1.82) is 0 Å². The van der Waals surface area contributed by atoms with E-state index in [4.69, 9.17) is 4.74 Å². The molecule has 23 heavy (non-hydrogen) atoms. The van der Waals surface area contributed by atoms with Crippen LogP contribution in [0.3, 0.4) is 0 Å². The predicted molar refractivity (Wildman–Crippen MR) is 90.6 cm³/mol. The molecule has 2 amide bonds. The van der Waals surface area contributed by atoms with E-state index in [-0.39, 0.29) is 6.03 Å². The number of nitrogens with one attached hydrogen (secondary N) is 1. The average molecular weight is 320 g/mol. The van der Waals surface area contributed by atoms with Crippen LogP contribution >= 0.6 is 0 Å². The summed E-state index contributed by atoms with van der Waals surface area (Å²) in [5.41, 5.74) is 0. The number of likely N-dealkylation sites (tertiary alicyclic amines) is 1. The van der Waals surface area contributed by atoms with Gasteiger partial charge >= 0.3 is 6.03 Å².